The molecule has 0 aliphatic rings. The summed E-state index contributed by atoms with van der Waals surface area (Å²) in [6.07, 6.45) is 4.60. The van der Waals surface area contributed by atoms with Gasteiger partial charge in [-0.2, -0.15) is 0 Å². The van der Waals surface area contributed by atoms with Gasteiger partial charge >= 0.3 is 0 Å². The number of fused-ring (bicyclic) bond motifs is 1. The topological polar surface area (TPSA) is 69.4 Å². The number of hydrogen-bond acceptors (Lipinski definition) is 5. The van der Waals surface area contributed by atoms with E-state index in [1.165, 1.54) is 17.6 Å². The summed E-state index contributed by atoms with van der Waals surface area (Å²) in [6.45, 7) is 2.84. The molecule has 0 unspecified atom stereocenters. The van der Waals surface area contributed by atoms with E-state index in [1.807, 2.05) is 24.3 Å². The minimum atomic E-state index is 0.0818. The van der Waals surface area contributed by atoms with E-state index in [0.717, 1.165) is 24.1 Å². The Morgan fingerprint density at radius 3 is 2.52 bits per heavy atom. The van der Waals surface area contributed by atoms with Crippen LogP contribution < -0.4 is 9.47 Å². The molecule has 1 heterocycles. The lowest BCUT2D eigenvalue weighted by molar-refractivity contribution is 0.303. The van der Waals surface area contributed by atoms with Crippen molar-refractivity contribution in [1.29, 1.82) is 0 Å². The van der Waals surface area contributed by atoms with E-state index in [-0.39, 0.29) is 5.75 Å². The van der Waals surface area contributed by atoms with Gasteiger partial charge in [-0.05, 0) is 30.7 Å². The summed E-state index contributed by atoms with van der Waals surface area (Å²) in [5.74, 6) is 1.45. The molecular weight excluding hydrogens is 318 g/mol. The lowest BCUT2D eigenvalue weighted by Gasteiger charge is -2.08. The standard InChI is InChI=1S/C19H23N3O3/c1-3-4-5-6-11-25-15-8-10-18(19(23)13-15)22-20-16-9-7-14(24-2)12-17(16)21-22/h7-10,12-13,23H,3-6,11H2,1-2H3. The highest BCUT2D eigenvalue weighted by Crippen LogP contribution is 2.27. The molecule has 132 valence electrons. The number of rotatable bonds is 8. The molecule has 0 amide bonds. The Kier molecular flexibility index (Phi) is 5.38. The molecule has 0 atom stereocenters. The van der Waals surface area contributed by atoms with E-state index >= 15 is 0 Å². The molecule has 25 heavy (non-hydrogen) atoms. The third-order valence-corrected chi connectivity index (χ3v) is 4.02. The molecular formula is C19H23N3O3. The Bertz CT molecular complexity index is 845. The number of phenolic OH excluding ortho intramolecular Hbond substituents is 1. The van der Waals surface area contributed by atoms with Crippen LogP contribution in [0.4, 0.5) is 0 Å². The second kappa shape index (κ2) is 7.88. The zero-order chi connectivity index (χ0) is 17.6. The molecule has 1 aromatic heterocycles. The third kappa shape index (κ3) is 4.02. The third-order valence-electron chi connectivity index (χ3n) is 4.02. The average Bonchev–Trinajstić information content (AvgIpc) is 3.04. The highest BCUT2D eigenvalue weighted by molar-refractivity contribution is 5.75. The smallest absolute Gasteiger partial charge is 0.146 e. The first-order valence-electron chi connectivity index (χ1n) is 8.58. The lowest BCUT2D eigenvalue weighted by atomic mass is 10.2. The van der Waals surface area contributed by atoms with Gasteiger partial charge in [-0.15, -0.1) is 15.0 Å². The molecule has 0 saturated heterocycles. The predicted molar refractivity (Wildman–Crippen MR) is 96.7 cm³/mol. The van der Waals surface area contributed by atoms with E-state index in [4.69, 9.17) is 9.47 Å². The Morgan fingerprint density at radius 2 is 1.76 bits per heavy atom. The van der Waals surface area contributed by atoms with E-state index in [0.29, 0.717) is 23.6 Å². The van der Waals surface area contributed by atoms with Crippen LogP contribution in [-0.4, -0.2) is 33.8 Å². The monoisotopic (exact) mass is 341 g/mol. The summed E-state index contributed by atoms with van der Waals surface area (Å²) in [5.41, 5.74) is 1.94. The quantitative estimate of drug-likeness (QED) is 0.625. The molecule has 1 N–H and O–H groups in total. The minimum absolute atomic E-state index is 0.0818. The molecule has 6 heteroatoms. The summed E-state index contributed by atoms with van der Waals surface area (Å²) in [4.78, 5) is 1.42. The van der Waals surface area contributed by atoms with Crippen LogP contribution in [-0.2, 0) is 0 Å². The summed E-state index contributed by atoms with van der Waals surface area (Å²) >= 11 is 0. The van der Waals surface area contributed by atoms with E-state index < -0.39 is 0 Å². The second-order valence-electron chi connectivity index (χ2n) is 5.90. The van der Waals surface area contributed by atoms with Crippen molar-refractivity contribution in [2.45, 2.75) is 32.6 Å². The van der Waals surface area contributed by atoms with Gasteiger partial charge in [0.05, 0.1) is 13.7 Å². The Labute approximate surface area is 147 Å². The van der Waals surface area contributed by atoms with Gasteiger partial charge in [0.25, 0.3) is 0 Å². The molecule has 0 radical (unpaired) electrons. The number of methoxy groups -OCH3 is 1. The van der Waals surface area contributed by atoms with Gasteiger partial charge in [0.15, 0.2) is 0 Å². The molecule has 0 spiro atoms. The fraction of sp³-hybridized carbons (Fsp3) is 0.368. The molecule has 3 aromatic rings. The summed E-state index contributed by atoms with van der Waals surface area (Å²) < 4.78 is 10.9. The number of benzene rings is 2. The van der Waals surface area contributed by atoms with Crippen molar-refractivity contribution in [2.75, 3.05) is 13.7 Å². The van der Waals surface area contributed by atoms with Crippen LogP contribution in [0.2, 0.25) is 0 Å². The van der Waals surface area contributed by atoms with Crippen LogP contribution in [0.3, 0.4) is 0 Å². The lowest BCUT2D eigenvalue weighted by Crippen LogP contribution is -2.01. The molecule has 0 aliphatic carbocycles. The van der Waals surface area contributed by atoms with Crippen LogP contribution in [0.1, 0.15) is 32.6 Å². The number of unbranched alkanes of at least 4 members (excludes halogenated alkanes) is 3. The SMILES string of the molecule is CCCCCCOc1ccc(-n2nc3ccc(OC)cc3n2)c(O)c1. The van der Waals surface area contributed by atoms with Crippen molar-refractivity contribution in [2.24, 2.45) is 0 Å². The predicted octanol–water partition coefficient (Wildman–Crippen LogP) is 4.09. The van der Waals surface area contributed by atoms with Gasteiger partial charge < -0.3 is 14.6 Å². The normalized spacial score (nSPS) is 11.0. The van der Waals surface area contributed by atoms with Crippen LogP contribution in [0, 0.1) is 0 Å². The van der Waals surface area contributed by atoms with Gasteiger partial charge in [0, 0.05) is 12.1 Å². The molecule has 0 saturated carbocycles. The van der Waals surface area contributed by atoms with Gasteiger partial charge in [-0.3, -0.25) is 0 Å². The Balaban J connectivity index is 1.74. The van der Waals surface area contributed by atoms with Crippen LogP contribution in [0.25, 0.3) is 16.7 Å². The molecule has 3 rings (SSSR count). The molecule has 0 fully saturated rings. The number of aromatic hydroxyl groups is 1. The largest absolute Gasteiger partial charge is 0.505 e. The zero-order valence-electron chi connectivity index (χ0n) is 14.6. The van der Waals surface area contributed by atoms with Gasteiger partial charge in [-0.25, -0.2) is 0 Å². The Morgan fingerprint density at radius 1 is 0.960 bits per heavy atom. The summed E-state index contributed by atoms with van der Waals surface area (Å²) in [5, 5.41) is 19.1. The number of hydrogen-bond donors (Lipinski definition) is 1. The Hall–Kier alpha value is -2.76. The average molecular weight is 341 g/mol. The second-order valence-corrected chi connectivity index (χ2v) is 5.90. The van der Waals surface area contributed by atoms with Gasteiger partial charge in [0.1, 0.15) is 34.0 Å². The van der Waals surface area contributed by atoms with Crippen LogP contribution in [0.15, 0.2) is 36.4 Å². The van der Waals surface area contributed by atoms with Crippen molar-refractivity contribution in [1.82, 2.24) is 15.0 Å². The zero-order valence-corrected chi connectivity index (χ0v) is 14.6. The van der Waals surface area contributed by atoms with Crippen molar-refractivity contribution >= 4 is 11.0 Å². The fourth-order valence-electron chi connectivity index (χ4n) is 2.61. The van der Waals surface area contributed by atoms with Crippen molar-refractivity contribution in [3.05, 3.63) is 36.4 Å². The van der Waals surface area contributed by atoms with Crippen molar-refractivity contribution < 1.29 is 14.6 Å². The van der Waals surface area contributed by atoms with E-state index in [9.17, 15) is 5.11 Å². The van der Waals surface area contributed by atoms with Crippen LogP contribution >= 0.6 is 0 Å². The van der Waals surface area contributed by atoms with Crippen molar-refractivity contribution in [3.63, 3.8) is 0 Å². The van der Waals surface area contributed by atoms with Gasteiger partial charge in [-0.1, -0.05) is 26.2 Å². The fourth-order valence-corrected chi connectivity index (χ4v) is 2.61. The minimum Gasteiger partial charge on any atom is -0.505 e. The first-order chi connectivity index (χ1) is 12.2. The maximum atomic E-state index is 10.3. The van der Waals surface area contributed by atoms with Crippen molar-refractivity contribution in [3.8, 4) is 22.9 Å². The van der Waals surface area contributed by atoms with E-state index in [1.54, 1.807) is 19.2 Å². The number of phenols is 1. The maximum absolute atomic E-state index is 10.3. The number of ether oxygens (including phenoxy) is 2. The maximum Gasteiger partial charge on any atom is 0.146 e. The van der Waals surface area contributed by atoms with Crippen LogP contribution in [0.5, 0.6) is 17.2 Å². The number of aromatic nitrogens is 3. The summed E-state index contributed by atoms with van der Waals surface area (Å²) in [6, 6.07) is 10.7. The first kappa shape index (κ1) is 17.1. The van der Waals surface area contributed by atoms with Gasteiger partial charge in [0.2, 0.25) is 0 Å². The molecule has 0 bridgehead atoms. The highest BCUT2D eigenvalue weighted by Gasteiger charge is 2.10. The summed E-state index contributed by atoms with van der Waals surface area (Å²) in [7, 11) is 1.61. The number of nitrogens with zero attached hydrogens (tertiary/aromatic N) is 3. The highest BCUT2D eigenvalue weighted by atomic mass is 16.5. The molecule has 0 aliphatic heterocycles. The molecule has 2 aromatic carbocycles. The van der Waals surface area contributed by atoms with E-state index in [2.05, 4.69) is 17.1 Å². The first-order valence-corrected chi connectivity index (χ1v) is 8.58. The molecule has 6 nitrogen and oxygen atoms in total.